The molecular weight excluding hydrogens is 328 g/mol. The number of benzene rings is 2. The van der Waals surface area contributed by atoms with Crippen molar-refractivity contribution in [3.63, 3.8) is 0 Å². The van der Waals surface area contributed by atoms with Crippen LogP contribution in [0.15, 0.2) is 34.7 Å². The minimum atomic E-state index is -0.199. The van der Waals surface area contributed by atoms with Gasteiger partial charge in [-0.3, -0.25) is 4.79 Å². The zero-order valence-corrected chi connectivity index (χ0v) is 15.3. The van der Waals surface area contributed by atoms with Crippen molar-refractivity contribution in [3.05, 3.63) is 52.9 Å². The van der Waals surface area contributed by atoms with Crippen molar-refractivity contribution in [2.24, 2.45) is 0 Å². The van der Waals surface area contributed by atoms with Gasteiger partial charge in [-0.1, -0.05) is 17.7 Å². The second-order valence-electron chi connectivity index (χ2n) is 7.07. The Balaban J connectivity index is 1.42. The van der Waals surface area contributed by atoms with Crippen LogP contribution in [-0.2, 0) is 4.79 Å². The van der Waals surface area contributed by atoms with Crippen LogP contribution in [0.2, 0.25) is 0 Å². The van der Waals surface area contributed by atoms with Crippen molar-refractivity contribution in [3.8, 4) is 5.75 Å². The molecule has 0 saturated heterocycles. The predicted molar refractivity (Wildman–Crippen MR) is 101 cm³/mol. The molecule has 0 spiro atoms. The zero-order chi connectivity index (χ0) is 18.3. The van der Waals surface area contributed by atoms with E-state index in [0.29, 0.717) is 11.6 Å². The van der Waals surface area contributed by atoms with E-state index in [1.54, 1.807) is 0 Å². The molecule has 5 nitrogen and oxygen atoms in total. The van der Waals surface area contributed by atoms with Gasteiger partial charge in [-0.2, -0.15) is 0 Å². The molecule has 1 fully saturated rings. The van der Waals surface area contributed by atoms with E-state index in [1.165, 1.54) is 5.56 Å². The summed E-state index contributed by atoms with van der Waals surface area (Å²) < 4.78 is 11.5. The second kappa shape index (κ2) is 6.48. The topological polar surface area (TPSA) is 64.4 Å². The normalized spacial score (nSPS) is 13.8. The maximum absolute atomic E-state index is 12.3. The van der Waals surface area contributed by atoms with Gasteiger partial charge in [-0.05, 0) is 62.9 Å². The molecule has 1 N–H and O–H groups in total. The molecule has 1 heterocycles. The van der Waals surface area contributed by atoms with Crippen LogP contribution in [0.4, 0.5) is 5.69 Å². The molecule has 0 aliphatic heterocycles. The van der Waals surface area contributed by atoms with Crippen molar-refractivity contribution in [2.75, 3.05) is 11.9 Å². The number of hydrogen-bond donors (Lipinski definition) is 1. The van der Waals surface area contributed by atoms with E-state index in [-0.39, 0.29) is 12.5 Å². The molecule has 1 aliphatic rings. The number of nitrogens with one attached hydrogen (secondary N) is 1. The molecule has 0 atom stereocenters. The van der Waals surface area contributed by atoms with Gasteiger partial charge in [0.25, 0.3) is 5.91 Å². The standard InChI is InChI=1S/C21H22N2O3/c1-12-8-13(2)20(14(3)9-12)25-11-19(24)22-16-6-7-18-17(10-16)23-21(26-18)15-4-5-15/h6-10,15H,4-5,11H2,1-3H3,(H,22,24). The molecule has 2 aromatic carbocycles. The molecule has 26 heavy (non-hydrogen) atoms. The lowest BCUT2D eigenvalue weighted by Crippen LogP contribution is -2.20. The van der Waals surface area contributed by atoms with E-state index in [1.807, 2.05) is 39.0 Å². The zero-order valence-electron chi connectivity index (χ0n) is 15.3. The molecule has 0 radical (unpaired) electrons. The van der Waals surface area contributed by atoms with E-state index in [2.05, 4.69) is 22.4 Å². The van der Waals surface area contributed by atoms with Gasteiger partial charge in [0.15, 0.2) is 18.1 Å². The minimum absolute atomic E-state index is 0.0328. The molecule has 1 aliphatic carbocycles. The number of rotatable bonds is 5. The third-order valence-corrected chi connectivity index (χ3v) is 4.57. The highest BCUT2D eigenvalue weighted by molar-refractivity contribution is 5.93. The predicted octanol–water partition coefficient (Wildman–Crippen LogP) is 4.65. The fourth-order valence-corrected chi connectivity index (χ4v) is 3.26. The first-order valence-corrected chi connectivity index (χ1v) is 8.90. The average molecular weight is 350 g/mol. The number of aryl methyl sites for hydroxylation is 3. The van der Waals surface area contributed by atoms with Crippen molar-refractivity contribution >= 4 is 22.7 Å². The molecule has 1 aromatic heterocycles. The van der Waals surface area contributed by atoms with Crippen LogP contribution in [0.3, 0.4) is 0 Å². The quantitative estimate of drug-likeness (QED) is 0.727. The van der Waals surface area contributed by atoms with Crippen LogP contribution in [-0.4, -0.2) is 17.5 Å². The van der Waals surface area contributed by atoms with E-state index in [4.69, 9.17) is 9.15 Å². The third-order valence-electron chi connectivity index (χ3n) is 4.57. The van der Waals surface area contributed by atoms with E-state index >= 15 is 0 Å². The summed E-state index contributed by atoms with van der Waals surface area (Å²) in [5.74, 6) is 1.84. The maximum atomic E-state index is 12.3. The van der Waals surface area contributed by atoms with Crippen LogP contribution >= 0.6 is 0 Å². The summed E-state index contributed by atoms with van der Waals surface area (Å²) in [5.41, 5.74) is 5.48. The van der Waals surface area contributed by atoms with Gasteiger partial charge in [-0.15, -0.1) is 0 Å². The summed E-state index contributed by atoms with van der Waals surface area (Å²) in [6.07, 6.45) is 2.29. The number of anilines is 1. The molecule has 0 unspecified atom stereocenters. The van der Waals surface area contributed by atoms with Gasteiger partial charge >= 0.3 is 0 Å². The van der Waals surface area contributed by atoms with Crippen molar-refractivity contribution in [2.45, 2.75) is 39.5 Å². The minimum Gasteiger partial charge on any atom is -0.483 e. The largest absolute Gasteiger partial charge is 0.483 e. The summed E-state index contributed by atoms with van der Waals surface area (Å²) in [4.78, 5) is 16.8. The molecule has 1 amide bonds. The fraction of sp³-hybridized carbons (Fsp3) is 0.333. The van der Waals surface area contributed by atoms with Crippen LogP contribution in [0.5, 0.6) is 5.75 Å². The number of carbonyl (C=O) groups is 1. The Hall–Kier alpha value is -2.82. The number of nitrogens with zero attached hydrogens (tertiary/aromatic N) is 1. The number of aromatic nitrogens is 1. The first-order chi connectivity index (χ1) is 12.5. The Kier molecular flexibility index (Phi) is 4.15. The molecule has 3 aromatic rings. The van der Waals surface area contributed by atoms with Gasteiger partial charge in [0.05, 0.1) is 0 Å². The lowest BCUT2D eigenvalue weighted by molar-refractivity contribution is -0.118. The Bertz CT molecular complexity index is 963. The Labute approximate surface area is 152 Å². The summed E-state index contributed by atoms with van der Waals surface area (Å²) >= 11 is 0. The van der Waals surface area contributed by atoms with Crippen LogP contribution in [0.1, 0.15) is 41.3 Å². The Morgan fingerprint density at radius 1 is 1.19 bits per heavy atom. The summed E-state index contributed by atoms with van der Waals surface area (Å²) in [7, 11) is 0. The number of fused-ring (bicyclic) bond motifs is 1. The lowest BCUT2D eigenvalue weighted by atomic mass is 10.1. The van der Waals surface area contributed by atoms with Crippen molar-refractivity contribution in [1.29, 1.82) is 0 Å². The fourth-order valence-electron chi connectivity index (χ4n) is 3.26. The molecule has 0 bridgehead atoms. The number of oxazole rings is 1. The first kappa shape index (κ1) is 16.6. The second-order valence-corrected chi connectivity index (χ2v) is 7.07. The monoisotopic (exact) mass is 350 g/mol. The van der Waals surface area contributed by atoms with Crippen LogP contribution < -0.4 is 10.1 Å². The van der Waals surface area contributed by atoms with Crippen molar-refractivity contribution < 1.29 is 13.9 Å². The highest BCUT2D eigenvalue weighted by atomic mass is 16.5. The first-order valence-electron chi connectivity index (χ1n) is 8.90. The third kappa shape index (κ3) is 3.43. The van der Waals surface area contributed by atoms with Gasteiger partial charge in [0.2, 0.25) is 0 Å². The van der Waals surface area contributed by atoms with Crippen LogP contribution in [0.25, 0.3) is 11.1 Å². The number of amides is 1. The Morgan fingerprint density at radius 3 is 2.62 bits per heavy atom. The summed E-state index contributed by atoms with van der Waals surface area (Å²) in [6, 6.07) is 9.61. The SMILES string of the molecule is Cc1cc(C)c(OCC(=O)Nc2ccc3oc(C4CC4)nc3c2)c(C)c1. The molecule has 5 heteroatoms. The molecule has 1 saturated carbocycles. The summed E-state index contributed by atoms with van der Waals surface area (Å²) in [6.45, 7) is 5.99. The van der Waals surface area contributed by atoms with Gasteiger partial charge in [0.1, 0.15) is 11.3 Å². The number of hydrogen-bond acceptors (Lipinski definition) is 4. The van der Waals surface area contributed by atoms with E-state index < -0.39 is 0 Å². The molecule has 134 valence electrons. The summed E-state index contributed by atoms with van der Waals surface area (Å²) in [5, 5.41) is 2.86. The van der Waals surface area contributed by atoms with Crippen molar-refractivity contribution in [1.82, 2.24) is 4.98 Å². The smallest absolute Gasteiger partial charge is 0.262 e. The highest BCUT2D eigenvalue weighted by Gasteiger charge is 2.28. The maximum Gasteiger partial charge on any atom is 0.262 e. The van der Waals surface area contributed by atoms with Gasteiger partial charge < -0.3 is 14.5 Å². The van der Waals surface area contributed by atoms with Crippen LogP contribution in [0, 0.1) is 20.8 Å². The highest BCUT2D eigenvalue weighted by Crippen LogP contribution is 2.40. The Morgan fingerprint density at radius 2 is 1.92 bits per heavy atom. The van der Waals surface area contributed by atoms with E-state index in [0.717, 1.165) is 46.7 Å². The lowest BCUT2D eigenvalue weighted by Gasteiger charge is -2.13. The molecular formula is C21H22N2O3. The van der Waals surface area contributed by atoms with Gasteiger partial charge in [0, 0.05) is 11.6 Å². The number of ether oxygens (including phenoxy) is 1. The van der Waals surface area contributed by atoms with Gasteiger partial charge in [-0.25, -0.2) is 4.98 Å². The average Bonchev–Trinajstić information content (AvgIpc) is 3.33. The molecule has 4 rings (SSSR count). The van der Waals surface area contributed by atoms with E-state index in [9.17, 15) is 4.79 Å². The number of carbonyl (C=O) groups excluding carboxylic acids is 1.